The van der Waals surface area contributed by atoms with Crippen LogP contribution in [-0.2, 0) is 11.3 Å². The maximum atomic E-state index is 11.7. The van der Waals surface area contributed by atoms with Crippen molar-refractivity contribution < 1.29 is 9.53 Å². The summed E-state index contributed by atoms with van der Waals surface area (Å²) in [6.07, 6.45) is 0. The van der Waals surface area contributed by atoms with Crippen molar-refractivity contribution in [1.82, 2.24) is 15.0 Å². The molecule has 0 saturated carbocycles. The third-order valence-electron chi connectivity index (χ3n) is 1.87. The number of aryl methyl sites for hydroxylation is 1. The number of hydrogen-bond donors (Lipinski definition) is 0. The first-order chi connectivity index (χ1) is 6.85. The second-order valence-corrected chi connectivity index (χ2v) is 4.34. The van der Waals surface area contributed by atoms with Crippen LogP contribution in [0.3, 0.4) is 0 Å². The summed E-state index contributed by atoms with van der Waals surface area (Å²) in [6, 6.07) is 0. The van der Waals surface area contributed by atoms with Crippen LogP contribution < -0.4 is 0 Å². The SMILES string of the molecule is CCn1nnc(C(=O)OC(C)(C)C)c1C. The van der Waals surface area contributed by atoms with Gasteiger partial charge in [-0.05, 0) is 34.6 Å². The number of ether oxygens (including phenoxy) is 1. The average molecular weight is 211 g/mol. The molecule has 1 heterocycles. The molecule has 0 radical (unpaired) electrons. The lowest BCUT2D eigenvalue weighted by Gasteiger charge is -2.18. The van der Waals surface area contributed by atoms with Gasteiger partial charge in [-0.3, -0.25) is 0 Å². The third kappa shape index (κ3) is 2.78. The molecule has 0 aliphatic rings. The molecule has 1 aromatic heterocycles. The van der Waals surface area contributed by atoms with E-state index in [0.717, 1.165) is 5.69 Å². The minimum atomic E-state index is -0.500. The molecular weight excluding hydrogens is 194 g/mol. The normalized spacial score (nSPS) is 11.5. The van der Waals surface area contributed by atoms with E-state index in [4.69, 9.17) is 4.74 Å². The van der Waals surface area contributed by atoms with Gasteiger partial charge in [-0.1, -0.05) is 5.21 Å². The standard InChI is InChI=1S/C10H17N3O2/c1-6-13-7(2)8(11-12-13)9(14)15-10(3,4)5/h6H2,1-5H3. The van der Waals surface area contributed by atoms with Crippen molar-refractivity contribution in [2.24, 2.45) is 0 Å². The molecule has 0 unspecified atom stereocenters. The van der Waals surface area contributed by atoms with Crippen molar-refractivity contribution in [2.45, 2.75) is 46.8 Å². The number of aromatic nitrogens is 3. The van der Waals surface area contributed by atoms with Crippen molar-refractivity contribution >= 4 is 5.97 Å². The Morgan fingerprint density at radius 2 is 2.07 bits per heavy atom. The number of rotatable bonds is 2. The Kier molecular flexibility index (Phi) is 3.12. The van der Waals surface area contributed by atoms with E-state index in [1.165, 1.54) is 0 Å². The van der Waals surface area contributed by atoms with Gasteiger partial charge in [0.05, 0.1) is 5.69 Å². The Hall–Kier alpha value is -1.39. The van der Waals surface area contributed by atoms with E-state index in [-0.39, 0.29) is 0 Å². The highest BCUT2D eigenvalue weighted by Crippen LogP contribution is 2.12. The van der Waals surface area contributed by atoms with Crippen LogP contribution in [-0.4, -0.2) is 26.6 Å². The highest BCUT2D eigenvalue weighted by molar-refractivity contribution is 5.88. The van der Waals surface area contributed by atoms with Crippen LogP contribution in [0.1, 0.15) is 43.9 Å². The van der Waals surface area contributed by atoms with Crippen LogP contribution in [0, 0.1) is 6.92 Å². The van der Waals surface area contributed by atoms with Crippen LogP contribution in [0.4, 0.5) is 0 Å². The fourth-order valence-electron chi connectivity index (χ4n) is 1.18. The number of carbonyl (C=O) groups is 1. The molecule has 1 rings (SSSR count). The fraction of sp³-hybridized carbons (Fsp3) is 0.700. The first kappa shape index (κ1) is 11.7. The van der Waals surface area contributed by atoms with Gasteiger partial charge in [0, 0.05) is 6.54 Å². The van der Waals surface area contributed by atoms with Gasteiger partial charge >= 0.3 is 5.97 Å². The number of carbonyl (C=O) groups excluding carboxylic acids is 1. The Bertz CT molecular complexity index is 363. The van der Waals surface area contributed by atoms with E-state index >= 15 is 0 Å². The zero-order chi connectivity index (χ0) is 11.6. The molecule has 0 aromatic carbocycles. The van der Waals surface area contributed by atoms with Gasteiger partial charge in [0.1, 0.15) is 5.60 Å². The summed E-state index contributed by atoms with van der Waals surface area (Å²) in [5.74, 6) is -0.417. The zero-order valence-electron chi connectivity index (χ0n) is 9.87. The summed E-state index contributed by atoms with van der Waals surface area (Å²) >= 11 is 0. The minimum Gasteiger partial charge on any atom is -0.455 e. The highest BCUT2D eigenvalue weighted by Gasteiger charge is 2.22. The lowest BCUT2D eigenvalue weighted by Crippen LogP contribution is -2.24. The van der Waals surface area contributed by atoms with Gasteiger partial charge in [0.15, 0.2) is 5.69 Å². The first-order valence-electron chi connectivity index (χ1n) is 4.98. The average Bonchev–Trinajstić information content (AvgIpc) is 2.43. The molecule has 0 N–H and O–H groups in total. The maximum Gasteiger partial charge on any atom is 0.361 e. The number of nitrogens with zero attached hydrogens (tertiary/aromatic N) is 3. The highest BCUT2D eigenvalue weighted by atomic mass is 16.6. The van der Waals surface area contributed by atoms with Crippen LogP contribution in [0.15, 0.2) is 0 Å². The molecule has 0 aliphatic heterocycles. The summed E-state index contributed by atoms with van der Waals surface area (Å²) in [5.41, 5.74) is 0.540. The molecule has 84 valence electrons. The molecule has 0 amide bonds. The van der Waals surface area contributed by atoms with Gasteiger partial charge in [-0.2, -0.15) is 0 Å². The largest absolute Gasteiger partial charge is 0.455 e. The van der Waals surface area contributed by atoms with Gasteiger partial charge in [-0.25, -0.2) is 9.48 Å². The Morgan fingerprint density at radius 3 is 2.47 bits per heavy atom. The number of hydrogen-bond acceptors (Lipinski definition) is 4. The Labute approximate surface area is 89.4 Å². The van der Waals surface area contributed by atoms with Gasteiger partial charge in [0.25, 0.3) is 0 Å². The van der Waals surface area contributed by atoms with E-state index in [0.29, 0.717) is 12.2 Å². The second kappa shape index (κ2) is 4.00. The predicted octanol–water partition coefficient (Wildman–Crippen LogP) is 1.56. The van der Waals surface area contributed by atoms with Gasteiger partial charge in [0.2, 0.25) is 0 Å². The lowest BCUT2D eigenvalue weighted by atomic mass is 10.2. The predicted molar refractivity (Wildman–Crippen MR) is 55.6 cm³/mol. The fourth-order valence-corrected chi connectivity index (χ4v) is 1.18. The summed E-state index contributed by atoms with van der Waals surface area (Å²) in [7, 11) is 0. The van der Waals surface area contributed by atoms with Crippen LogP contribution >= 0.6 is 0 Å². The lowest BCUT2D eigenvalue weighted by molar-refractivity contribution is 0.00619. The Balaban J connectivity index is 2.88. The molecule has 5 heteroatoms. The molecular formula is C10H17N3O2. The summed E-state index contributed by atoms with van der Waals surface area (Å²) in [5, 5.41) is 7.66. The van der Waals surface area contributed by atoms with Crippen LogP contribution in [0.25, 0.3) is 0 Å². The van der Waals surface area contributed by atoms with Crippen LogP contribution in [0.5, 0.6) is 0 Å². The van der Waals surface area contributed by atoms with Gasteiger partial charge < -0.3 is 4.74 Å². The zero-order valence-corrected chi connectivity index (χ0v) is 9.87. The molecule has 0 saturated heterocycles. The van der Waals surface area contributed by atoms with Crippen molar-refractivity contribution in [2.75, 3.05) is 0 Å². The smallest absolute Gasteiger partial charge is 0.361 e. The molecule has 0 atom stereocenters. The van der Waals surface area contributed by atoms with Crippen molar-refractivity contribution in [3.63, 3.8) is 0 Å². The molecule has 5 nitrogen and oxygen atoms in total. The van der Waals surface area contributed by atoms with Crippen molar-refractivity contribution in [3.8, 4) is 0 Å². The topological polar surface area (TPSA) is 57.0 Å². The molecule has 0 aliphatic carbocycles. The quantitative estimate of drug-likeness (QED) is 0.696. The summed E-state index contributed by atoms with van der Waals surface area (Å²) in [6.45, 7) is 9.92. The molecule has 0 bridgehead atoms. The van der Waals surface area contributed by atoms with E-state index in [9.17, 15) is 4.79 Å². The second-order valence-electron chi connectivity index (χ2n) is 4.34. The van der Waals surface area contributed by atoms with E-state index in [2.05, 4.69) is 10.3 Å². The van der Waals surface area contributed by atoms with Crippen molar-refractivity contribution in [1.29, 1.82) is 0 Å². The van der Waals surface area contributed by atoms with E-state index in [1.54, 1.807) is 4.68 Å². The van der Waals surface area contributed by atoms with E-state index < -0.39 is 11.6 Å². The monoisotopic (exact) mass is 211 g/mol. The molecule has 15 heavy (non-hydrogen) atoms. The molecule has 0 spiro atoms. The van der Waals surface area contributed by atoms with Crippen molar-refractivity contribution in [3.05, 3.63) is 11.4 Å². The first-order valence-corrected chi connectivity index (χ1v) is 4.98. The van der Waals surface area contributed by atoms with E-state index in [1.807, 2.05) is 34.6 Å². The van der Waals surface area contributed by atoms with Gasteiger partial charge in [-0.15, -0.1) is 5.10 Å². The molecule has 0 fully saturated rings. The Morgan fingerprint density at radius 1 is 1.47 bits per heavy atom. The summed E-state index contributed by atoms with van der Waals surface area (Å²) in [4.78, 5) is 11.7. The third-order valence-corrected chi connectivity index (χ3v) is 1.87. The molecule has 1 aromatic rings. The number of esters is 1. The summed E-state index contributed by atoms with van der Waals surface area (Å²) < 4.78 is 6.87. The maximum absolute atomic E-state index is 11.7. The minimum absolute atomic E-state index is 0.298. The van der Waals surface area contributed by atoms with Crippen LogP contribution in [0.2, 0.25) is 0 Å².